The van der Waals surface area contributed by atoms with Crippen molar-refractivity contribution >= 4 is 52.2 Å². The molecule has 0 radical (unpaired) electrons. The van der Waals surface area contributed by atoms with Gasteiger partial charge in [0, 0.05) is 5.02 Å². The summed E-state index contributed by atoms with van der Waals surface area (Å²) in [6, 6.07) is 7.76. The standard InChI is InChI=1S/C15H12Cl2N2O4S/c16-9-3-4-12(11(17)6-9)23-8-10(20)7-18-15(24)19-14(21)13-2-1-5-22-13/h1-6H,7-8H2,(H2,18,19,21,24). The number of furan rings is 1. The molecule has 126 valence electrons. The Morgan fingerprint density at radius 1 is 1.25 bits per heavy atom. The number of hydrogen-bond acceptors (Lipinski definition) is 5. The van der Waals surface area contributed by atoms with Crippen molar-refractivity contribution < 1.29 is 18.7 Å². The summed E-state index contributed by atoms with van der Waals surface area (Å²) in [6.07, 6.45) is 1.37. The van der Waals surface area contributed by atoms with E-state index in [-0.39, 0.29) is 29.8 Å². The molecule has 0 aliphatic rings. The van der Waals surface area contributed by atoms with Gasteiger partial charge in [0.25, 0.3) is 5.91 Å². The molecule has 0 atom stereocenters. The van der Waals surface area contributed by atoms with Crippen LogP contribution in [0.3, 0.4) is 0 Å². The first kappa shape index (κ1) is 18.3. The Hall–Kier alpha value is -2.09. The van der Waals surface area contributed by atoms with Crippen molar-refractivity contribution in [2.75, 3.05) is 13.2 Å². The molecule has 6 nitrogen and oxygen atoms in total. The second-order valence-electron chi connectivity index (χ2n) is 4.52. The van der Waals surface area contributed by atoms with Gasteiger partial charge in [0.2, 0.25) is 0 Å². The van der Waals surface area contributed by atoms with Gasteiger partial charge < -0.3 is 14.5 Å². The van der Waals surface area contributed by atoms with Crippen LogP contribution in [0.5, 0.6) is 5.75 Å². The summed E-state index contributed by atoms with van der Waals surface area (Å²) in [4.78, 5) is 23.4. The minimum Gasteiger partial charge on any atom is -0.484 e. The fourth-order valence-electron chi connectivity index (χ4n) is 1.60. The highest BCUT2D eigenvalue weighted by atomic mass is 35.5. The molecule has 2 N–H and O–H groups in total. The molecule has 0 spiro atoms. The number of amides is 1. The number of rotatable bonds is 6. The second-order valence-corrected chi connectivity index (χ2v) is 5.77. The maximum atomic E-state index is 11.8. The molecular formula is C15H12Cl2N2O4S. The lowest BCUT2D eigenvalue weighted by Crippen LogP contribution is -2.42. The molecule has 0 saturated heterocycles. The Balaban J connectivity index is 1.72. The molecule has 1 aromatic carbocycles. The number of Topliss-reactive ketones (excluding diaryl/α,β-unsaturated/α-hetero) is 1. The Labute approximate surface area is 153 Å². The summed E-state index contributed by atoms with van der Waals surface area (Å²) in [5.41, 5.74) is 0. The molecule has 1 heterocycles. The van der Waals surface area contributed by atoms with Crippen molar-refractivity contribution in [1.82, 2.24) is 10.6 Å². The fourth-order valence-corrected chi connectivity index (χ4v) is 2.22. The van der Waals surface area contributed by atoms with E-state index in [1.165, 1.54) is 18.4 Å². The van der Waals surface area contributed by atoms with Gasteiger partial charge in [0.05, 0.1) is 17.8 Å². The van der Waals surface area contributed by atoms with E-state index in [2.05, 4.69) is 10.6 Å². The SMILES string of the molecule is O=C(CNC(=S)NC(=O)c1ccco1)COc1ccc(Cl)cc1Cl. The van der Waals surface area contributed by atoms with Crippen LogP contribution in [0.15, 0.2) is 41.0 Å². The fraction of sp³-hybridized carbons (Fsp3) is 0.133. The van der Waals surface area contributed by atoms with Gasteiger partial charge in [-0.25, -0.2) is 0 Å². The molecule has 1 amide bonds. The molecule has 2 rings (SSSR count). The molecule has 2 aromatic rings. The van der Waals surface area contributed by atoms with E-state index in [1.54, 1.807) is 18.2 Å². The second kappa shape index (κ2) is 8.68. The smallest absolute Gasteiger partial charge is 0.293 e. The van der Waals surface area contributed by atoms with Gasteiger partial charge in [0.15, 0.2) is 16.7 Å². The van der Waals surface area contributed by atoms with E-state index in [9.17, 15) is 9.59 Å². The number of ether oxygens (including phenoxy) is 1. The molecule has 0 unspecified atom stereocenters. The van der Waals surface area contributed by atoms with Gasteiger partial charge >= 0.3 is 0 Å². The maximum absolute atomic E-state index is 11.8. The van der Waals surface area contributed by atoms with Gasteiger partial charge in [-0.2, -0.15) is 0 Å². The van der Waals surface area contributed by atoms with Crippen molar-refractivity contribution in [3.63, 3.8) is 0 Å². The van der Waals surface area contributed by atoms with E-state index in [1.807, 2.05) is 0 Å². The van der Waals surface area contributed by atoms with Crippen LogP contribution >= 0.6 is 35.4 Å². The number of nitrogens with one attached hydrogen (secondary N) is 2. The third kappa shape index (κ3) is 5.52. The van der Waals surface area contributed by atoms with Gasteiger partial charge in [-0.15, -0.1) is 0 Å². The molecule has 0 saturated carbocycles. The van der Waals surface area contributed by atoms with Gasteiger partial charge in [-0.1, -0.05) is 23.2 Å². The van der Waals surface area contributed by atoms with Crippen LogP contribution in [0.1, 0.15) is 10.6 Å². The lowest BCUT2D eigenvalue weighted by atomic mass is 10.3. The van der Waals surface area contributed by atoms with Crippen molar-refractivity contribution in [3.05, 3.63) is 52.4 Å². The van der Waals surface area contributed by atoms with Crippen LogP contribution in [-0.2, 0) is 4.79 Å². The largest absolute Gasteiger partial charge is 0.484 e. The number of benzene rings is 1. The van der Waals surface area contributed by atoms with Crippen molar-refractivity contribution in [2.24, 2.45) is 0 Å². The molecule has 0 fully saturated rings. The summed E-state index contributed by atoms with van der Waals surface area (Å²) in [7, 11) is 0. The van der Waals surface area contributed by atoms with Crippen LogP contribution in [0.25, 0.3) is 0 Å². The van der Waals surface area contributed by atoms with Gasteiger partial charge in [-0.05, 0) is 42.5 Å². The lowest BCUT2D eigenvalue weighted by Gasteiger charge is -2.10. The molecule has 1 aromatic heterocycles. The Morgan fingerprint density at radius 3 is 2.71 bits per heavy atom. The summed E-state index contributed by atoms with van der Waals surface area (Å²) in [5.74, 6) is -0.320. The third-order valence-corrected chi connectivity index (χ3v) is 3.48. The third-order valence-electron chi connectivity index (χ3n) is 2.70. The molecule has 0 aliphatic carbocycles. The number of carbonyl (C=O) groups is 2. The highest BCUT2D eigenvalue weighted by Crippen LogP contribution is 2.27. The van der Waals surface area contributed by atoms with Crippen LogP contribution in [0.2, 0.25) is 10.0 Å². The Morgan fingerprint density at radius 2 is 2.04 bits per heavy atom. The van der Waals surface area contributed by atoms with E-state index in [0.717, 1.165) is 0 Å². The number of thiocarbonyl (C=S) groups is 1. The first-order valence-corrected chi connectivity index (χ1v) is 7.84. The zero-order valence-corrected chi connectivity index (χ0v) is 14.5. The quantitative estimate of drug-likeness (QED) is 0.742. The number of hydrogen-bond donors (Lipinski definition) is 2. The maximum Gasteiger partial charge on any atom is 0.293 e. The summed E-state index contributed by atoms with van der Waals surface area (Å²) < 4.78 is 10.2. The van der Waals surface area contributed by atoms with E-state index in [0.29, 0.717) is 15.8 Å². The molecule has 24 heavy (non-hydrogen) atoms. The van der Waals surface area contributed by atoms with Crippen LogP contribution in [0, 0.1) is 0 Å². The van der Waals surface area contributed by atoms with Crippen LogP contribution in [-0.4, -0.2) is 30.0 Å². The molecular weight excluding hydrogens is 375 g/mol. The average molecular weight is 387 g/mol. The zero-order chi connectivity index (χ0) is 17.5. The first-order valence-electron chi connectivity index (χ1n) is 6.68. The predicted molar refractivity (Wildman–Crippen MR) is 93.7 cm³/mol. The normalized spacial score (nSPS) is 10.1. The number of ketones is 1. The first-order chi connectivity index (χ1) is 11.5. The van der Waals surface area contributed by atoms with Crippen LogP contribution < -0.4 is 15.4 Å². The molecule has 0 aliphatic heterocycles. The average Bonchev–Trinajstić information content (AvgIpc) is 3.06. The summed E-state index contributed by atoms with van der Waals surface area (Å²) in [5, 5.41) is 5.78. The number of halogens is 2. The monoisotopic (exact) mass is 386 g/mol. The van der Waals surface area contributed by atoms with E-state index < -0.39 is 5.91 Å². The van der Waals surface area contributed by atoms with Crippen molar-refractivity contribution in [2.45, 2.75) is 0 Å². The highest BCUT2D eigenvalue weighted by molar-refractivity contribution is 7.80. The minimum atomic E-state index is -0.505. The lowest BCUT2D eigenvalue weighted by molar-refractivity contribution is -0.119. The predicted octanol–water partition coefficient (Wildman–Crippen LogP) is 2.84. The summed E-state index contributed by atoms with van der Waals surface area (Å²) >= 11 is 16.6. The van der Waals surface area contributed by atoms with E-state index >= 15 is 0 Å². The zero-order valence-electron chi connectivity index (χ0n) is 12.2. The highest BCUT2D eigenvalue weighted by Gasteiger charge is 2.11. The Bertz CT molecular complexity index is 750. The van der Waals surface area contributed by atoms with Gasteiger partial charge in [-0.3, -0.25) is 14.9 Å². The van der Waals surface area contributed by atoms with Gasteiger partial charge in [0.1, 0.15) is 12.4 Å². The number of carbonyl (C=O) groups excluding carboxylic acids is 2. The van der Waals surface area contributed by atoms with Crippen molar-refractivity contribution in [3.8, 4) is 5.75 Å². The minimum absolute atomic E-state index is 0.00859. The molecule has 0 bridgehead atoms. The Kier molecular flexibility index (Phi) is 6.60. The molecule has 9 heteroatoms. The van der Waals surface area contributed by atoms with E-state index in [4.69, 9.17) is 44.6 Å². The van der Waals surface area contributed by atoms with Crippen LogP contribution in [0.4, 0.5) is 0 Å². The topological polar surface area (TPSA) is 80.6 Å². The van der Waals surface area contributed by atoms with Crippen molar-refractivity contribution in [1.29, 1.82) is 0 Å². The summed E-state index contributed by atoms with van der Waals surface area (Å²) in [6.45, 7) is -0.314.